The Morgan fingerprint density at radius 1 is 1.00 bits per heavy atom. The third-order valence-electron chi connectivity index (χ3n) is 4.12. The molecule has 0 unspecified atom stereocenters. The van der Waals surface area contributed by atoms with Gasteiger partial charge >= 0.3 is 6.18 Å². The third kappa shape index (κ3) is 5.25. The van der Waals surface area contributed by atoms with Crippen molar-refractivity contribution in [3.8, 4) is 11.6 Å². The quantitative estimate of drug-likeness (QED) is 0.349. The number of nitrogens with zero attached hydrogens (tertiary/aromatic N) is 2. The standard InChI is InChI=1S/C21H19F3N2OS/c1-3-15-8-6-10-17(11-15)27-19-12-18(21(22,23)24)25-20(26-19)28-13-16-9-5-4-7-14(16)2/h4-12H,3,13H2,1-2H3. The third-order valence-corrected chi connectivity index (χ3v) is 5.02. The Balaban J connectivity index is 1.87. The normalized spacial score (nSPS) is 11.5. The number of aromatic nitrogens is 2. The van der Waals surface area contributed by atoms with E-state index in [4.69, 9.17) is 4.74 Å². The van der Waals surface area contributed by atoms with Crippen LogP contribution in [0.25, 0.3) is 0 Å². The van der Waals surface area contributed by atoms with Gasteiger partial charge < -0.3 is 4.74 Å². The zero-order valence-electron chi connectivity index (χ0n) is 15.5. The molecule has 0 amide bonds. The van der Waals surface area contributed by atoms with E-state index >= 15 is 0 Å². The van der Waals surface area contributed by atoms with Gasteiger partial charge in [0.25, 0.3) is 0 Å². The molecule has 0 saturated carbocycles. The fourth-order valence-electron chi connectivity index (χ4n) is 2.53. The molecule has 1 heterocycles. The maximum atomic E-state index is 13.3. The Bertz CT molecular complexity index is 960. The topological polar surface area (TPSA) is 35.0 Å². The molecule has 0 radical (unpaired) electrons. The van der Waals surface area contributed by atoms with Crippen molar-refractivity contribution >= 4 is 11.8 Å². The van der Waals surface area contributed by atoms with Crippen LogP contribution in [0.2, 0.25) is 0 Å². The summed E-state index contributed by atoms with van der Waals surface area (Å²) in [5.41, 5.74) is 2.09. The number of thioether (sulfide) groups is 1. The summed E-state index contributed by atoms with van der Waals surface area (Å²) in [6.07, 6.45) is -3.78. The highest BCUT2D eigenvalue weighted by molar-refractivity contribution is 7.98. The van der Waals surface area contributed by atoms with E-state index in [0.717, 1.165) is 40.9 Å². The highest BCUT2D eigenvalue weighted by atomic mass is 32.2. The summed E-state index contributed by atoms with van der Waals surface area (Å²) in [4.78, 5) is 7.84. The summed E-state index contributed by atoms with van der Waals surface area (Å²) in [6, 6.07) is 15.7. The first-order valence-corrected chi connectivity index (χ1v) is 9.74. The molecule has 0 aliphatic rings. The van der Waals surface area contributed by atoms with Crippen molar-refractivity contribution < 1.29 is 17.9 Å². The van der Waals surface area contributed by atoms with E-state index in [1.165, 1.54) is 0 Å². The van der Waals surface area contributed by atoms with Crippen molar-refractivity contribution in [3.63, 3.8) is 0 Å². The number of alkyl halides is 3. The Hall–Kier alpha value is -2.54. The summed E-state index contributed by atoms with van der Waals surface area (Å²) in [7, 11) is 0. The molecule has 146 valence electrons. The zero-order valence-corrected chi connectivity index (χ0v) is 16.3. The van der Waals surface area contributed by atoms with Gasteiger partial charge in [0.2, 0.25) is 5.88 Å². The Morgan fingerprint density at radius 3 is 2.50 bits per heavy atom. The molecule has 28 heavy (non-hydrogen) atoms. The second-order valence-electron chi connectivity index (χ2n) is 6.19. The van der Waals surface area contributed by atoms with E-state index in [0.29, 0.717) is 11.5 Å². The number of halogens is 3. The van der Waals surface area contributed by atoms with Gasteiger partial charge in [-0.15, -0.1) is 0 Å². The van der Waals surface area contributed by atoms with Gasteiger partial charge in [0, 0.05) is 11.8 Å². The van der Waals surface area contributed by atoms with E-state index < -0.39 is 11.9 Å². The number of ether oxygens (including phenoxy) is 1. The van der Waals surface area contributed by atoms with Gasteiger partial charge in [0.05, 0.1) is 0 Å². The van der Waals surface area contributed by atoms with E-state index in [-0.39, 0.29) is 11.0 Å². The molecule has 0 spiro atoms. The van der Waals surface area contributed by atoms with Gasteiger partial charge in [-0.1, -0.05) is 55.1 Å². The maximum absolute atomic E-state index is 13.3. The van der Waals surface area contributed by atoms with Crippen LogP contribution < -0.4 is 4.74 Å². The smallest absolute Gasteiger partial charge is 0.433 e. The number of hydrogen-bond donors (Lipinski definition) is 0. The zero-order chi connectivity index (χ0) is 20.1. The average Bonchev–Trinajstić information content (AvgIpc) is 2.67. The molecule has 0 bridgehead atoms. The lowest BCUT2D eigenvalue weighted by molar-refractivity contribution is -0.141. The molecule has 2 aromatic carbocycles. The van der Waals surface area contributed by atoms with Crippen LogP contribution in [0, 0.1) is 6.92 Å². The second-order valence-corrected chi connectivity index (χ2v) is 7.13. The van der Waals surface area contributed by atoms with Crippen LogP contribution in [-0.2, 0) is 18.3 Å². The van der Waals surface area contributed by atoms with Gasteiger partial charge in [-0.05, 0) is 42.2 Å². The van der Waals surface area contributed by atoms with Crippen LogP contribution >= 0.6 is 11.8 Å². The summed E-state index contributed by atoms with van der Waals surface area (Å²) in [5.74, 6) is 0.794. The number of rotatable bonds is 6. The van der Waals surface area contributed by atoms with Crippen molar-refractivity contribution in [3.05, 3.63) is 77.0 Å². The predicted molar refractivity (Wildman–Crippen MR) is 104 cm³/mol. The van der Waals surface area contributed by atoms with Gasteiger partial charge in [-0.3, -0.25) is 0 Å². The molecule has 0 atom stereocenters. The van der Waals surface area contributed by atoms with E-state index in [2.05, 4.69) is 9.97 Å². The van der Waals surface area contributed by atoms with Crippen LogP contribution in [0.15, 0.2) is 59.8 Å². The van der Waals surface area contributed by atoms with Crippen LogP contribution in [0.3, 0.4) is 0 Å². The van der Waals surface area contributed by atoms with Crippen molar-refractivity contribution in [1.82, 2.24) is 9.97 Å². The van der Waals surface area contributed by atoms with Gasteiger partial charge in [-0.2, -0.15) is 18.2 Å². The number of benzene rings is 2. The fourth-order valence-corrected chi connectivity index (χ4v) is 3.46. The van der Waals surface area contributed by atoms with Crippen molar-refractivity contribution in [2.45, 2.75) is 37.4 Å². The van der Waals surface area contributed by atoms with Crippen molar-refractivity contribution in [2.75, 3.05) is 0 Å². The van der Waals surface area contributed by atoms with E-state index in [1.807, 2.05) is 44.2 Å². The summed E-state index contributed by atoms with van der Waals surface area (Å²) < 4.78 is 45.4. The first-order valence-electron chi connectivity index (χ1n) is 8.75. The monoisotopic (exact) mass is 404 g/mol. The first kappa shape index (κ1) is 20.2. The number of aryl methyl sites for hydroxylation is 2. The Kier molecular flexibility index (Phi) is 6.24. The molecular formula is C21H19F3N2OS. The molecule has 3 rings (SSSR count). The largest absolute Gasteiger partial charge is 0.439 e. The molecule has 1 aromatic heterocycles. The Morgan fingerprint density at radius 2 is 1.79 bits per heavy atom. The molecule has 0 aliphatic heterocycles. The minimum Gasteiger partial charge on any atom is -0.439 e. The number of hydrogen-bond acceptors (Lipinski definition) is 4. The molecule has 0 saturated heterocycles. The van der Waals surface area contributed by atoms with Gasteiger partial charge in [0.15, 0.2) is 10.9 Å². The molecule has 3 aromatic rings. The predicted octanol–water partition coefficient (Wildman–Crippen LogP) is 6.45. The average molecular weight is 404 g/mol. The van der Waals surface area contributed by atoms with Crippen LogP contribution in [0.1, 0.15) is 29.3 Å². The minimum absolute atomic E-state index is 0.0275. The highest BCUT2D eigenvalue weighted by Crippen LogP contribution is 2.33. The lowest BCUT2D eigenvalue weighted by atomic mass is 10.1. The lowest BCUT2D eigenvalue weighted by Crippen LogP contribution is -2.10. The van der Waals surface area contributed by atoms with E-state index in [1.54, 1.807) is 18.2 Å². The van der Waals surface area contributed by atoms with Crippen molar-refractivity contribution in [1.29, 1.82) is 0 Å². The molecule has 0 fully saturated rings. The lowest BCUT2D eigenvalue weighted by Gasteiger charge is -2.12. The second kappa shape index (κ2) is 8.65. The van der Waals surface area contributed by atoms with Crippen LogP contribution in [0.5, 0.6) is 11.6 Å². The first-order chi connectivity index (χ1) is 13.3. The van der Waals surface area contributed by atoms with E-state index in [9.17, 15) is 13.2 Å². The fraction of sp³-hybridized carbons (Fsp3) is 0.238. The summed E-state index contributed by atoms with van der Waals surface area (Å²) in [6.45, 7) is 3.95. The Labute approximate surface area is 166 Å². The molecule has 7 heteroatoms. The van der Waals surface area contributed by atoms with Crippen molar-refractivity contribution in [2.24, 2.45) is 0 Å². The van der Waals surface area contributed by atoms with Gasteiger partial charge in [0.1, 0.15) is 5.75 Å². The molecule has 3 nitrogen and oxygen atoms in total. The summed E-state index contributed by atoms with van der Waals surface area (Å²) >= 11 is 1.15. The SMILES string of the molecule is CCc1cccc(Oc2cc(C(F)(F)F)nc(SCc3ccccc3C)n2)c1. The molecule has 0 N–H and O–H groups in total. The summed E-state index contributed by atoms with van der Waals surface area (Å²) in [5, 5.41) is 0.0275. The highest BCUT2D eigenvalue weighted by Gasteiger charge is 2.34. The maximum Gasteiger partial charge on any atom is 0.433 e. The van der Waals surface area contributed by atoms with Crippen LogP contribution in [0.4, 0.5) is 13.2 Å². The van der Waals surface area contributed by atoms with Gasteiger partial charge in [-0.25, -0.2) is 4.98 Å². The molecular weight excluding hydrogens is 385 g/mol. The van der Waals surface area contributed by atoms with Crippen LogP contribution in [-0.4, -0.2) is 9.97 Å². The minimum atomic E-state index is -4.58. The molecule has 0 aliphatic carbocycles.